The standard InChI is InChI=1S/C16H26BrNO/c1-11(2-3-17)10-18-15(19)16-7-12-4-13(8-16)6-14(5-12)9-16/h11-14H,2-10H2,1H3,(H,18,19). The lowest BCUT2D eigenvalue weighted by Gasteiger charge is -2.55. The lowest BCUT2D eigenvalue weighted by molar-refractivity contribution is -0.146. The molecule has 0 heterocycles. The zero-order valence-corrected chi connectivity index (χ0v) is 13.5. The van der Waals surface area contributed by atoms with Crippen LogP contribution in [0.25, 0.3) is 0 Å². The predicted molar refractivity (Wildman–Crippen MR) is 81.2 cm³/mol. The van der Waals surface area contributed by atoms with Gasteiger partial charge >= 0.3 is 0 Å². The third-order valence-corrected chi connectivity index (χ3v) is 6.19. The number of hydrogen-bond acceptors (Lipinski definition) is 1. The van der Waals surface area contributed by atoms with Crippen molar-refractivity contribution in [2.24, 2.45) is 29.1 Å². The van der Waals surface area contributed by atoms with Gasteiger partial charge < -0.3 is 5.32 Å². The summed E-state index contributed by atoms with van der Waals surface area (Å²) in [6.45, 7) is 3.08. The minimum atomic E-state index is 0.0306. The number of carbonyl (C=O) groups excluding carboxylic acids is 1. The maximum absolute atomic E-state index is 12.7. The monoisotopic (exact) mass is 327 g/mol. The Bertz CT molecular complexity index is 319. The molecule has 0 aromatic carbocycles. The molecule has 0 aromatic rings. The topological polar surface area (TPSA) is 29.1 Å². The van der Waals surface area contributed by atoms with Gasteiger partial charge in [0.1, 0.15) is 0 Å². The van der Waals surface area contributed by atoms with Gasteiger partial charge in [0.15, 0.2) is 0 Å². The van der Waals surface area contributed by atoms with Gasteiger partial charge in [-0.05, 0) is 68.6 Å². The summed E-state index contributed by atoms with van der Waals surface area (Å²) in [5.74, 6) is 3.54. The summed E-state index contributed by atoms with van der Waals surface area (Å²) in [7, 11) is 0. The number of amides is 1. The van der Waals surface area contributed by atoms with Crippen LogP contribution in [-0.4, -0.2) is 17.8 Å². The fraction of sp³-hybridized carbons (Fsp3) is 0.938. The van der Waals surface area contributed by atoms with Gasteiger partial charge in [-0.15, -0.1) is 0 Å². The molecule has 1 atom stereocenters. The van der Waals surface area contributed by atoms with E-state index < -0.39 is 0 Å². The highest BCUT2D eigenvalue weighted by molar-refractivity contribution is 9.09. The van der Waals surface area contributed by atoms with Crippen molar-refractivity contribution < 1.29 is 4.79 Å². The van der Waals surface area contributed by atoms with Gasteiger partial charge in [0, 0.05) is 17.3 Å². The van der Waals surface area contributed by atoms with Crippen LogP contribution in [-0.2, 0) is 4.79 Å². The van der Waals surface area contributed by atoms with Gasteiger partial charge in [-0.1, -0.05) is 22.9 Å². The first-order valence-corrected chi connectivity index (χ1v) is 9.08. The fourth-order valence-corrected chi connectivity index (χ4v) is 5.91. The second-order valence-corrected chi connectivity index (χ2v) is 8.28. The second-order valence-electron chi connectivity index (χ2n) is 7.49. The zero-order chi connectivity index (χ0) is 13.5. The van der Waals surface area contributed by atoms with Crippen molar-refractivity contribution in [1.29, 1.82) is 0 Å². The van der Waals surface area contributed by atoms with E-state index in [-0.39, 0.29) is 5.41 Å². The highest BCUT2D eigenvalue weighted by Crippen LogP contribution is 2.60. The molecule has 4 saturated carbocycles. The summed E-state index contributed by atoms with van der Waals surface area (Å²) in [4.78, 5) is 12.7. The van der Waals surface area contributed by atoms with Crippen LogP contribution in [0.3, 0.4) is 0 Å². The molecule has 0 saturated heterocycles. The zero-order valence-electron chi connectivity index (χ0n) is 12.0. The molecule has 2 nitrogen and oxygen atoms in total. The second kappa shape index (κ2) is 5.38. The van der Waals surface area contributed by atoms with E-state index in [2.05, 4.69) is 28.2 Å². The molecule has 4 rings (SSSR count). The molecule has 4 aliphatic carbocycles. The fourth-order valence-electron chi connectivity index (χ4n) is 5.13. The number of hydrogen-bond donors (Lipinski definition) is 1. The predicted octanol–water partition coefficient (Wildman–Crippen LogP) is 3.74. The van der Waals surface area contributed by atoms with Crippen LogP contribution in [0.4, 0.5) is 0 Å². The van der Waals surface area contributed by atoms with Gasteiger partial charge in [-0.3, -0.25) is 4.79 Å². The Kier molecular flexibility index (Phi) is 3.94. The molecule has 0 radical (unpaired) electrons. The van der Waals surface area contributed by atoms with Crippen molar-refractivity contribution in [2.45, 2.75) is 51.9 Å². The van der Waals surface area contributed by atoms with Crippen molar-refractivity contribution in [3.8, 4) is 0 Å². The Hall–Kier alpha value is -0.0500. The average molecular weight is 328 g/mol. The highest BCUT2D eigenvalue weighted by atomic mass is 79.9. The van der Waals surface area contributed by atoms with Crippen LogP contribution in [0.15, 0.2) is 0 Å². The van der Waals surface area contributed by atoms with Crippen molar-refractivity contribution in [1.82, 2.24) is 5.32 Å². The number of halogens is 1. The number of nitrogens with one attached hydrogen (secondary N) is 1. The molecule has 0 aliphatic heterocycles. The lowest BCUT2D eigenvalue weighted by Crippen LogP contribution is -2.54. The Labute approximate surface area is 125 Å². The molecule has 0 spiro atoms. The van der Waals surface area contributed by atoms with E-state index in [1.54, 1.807) is 0 Å². The van der Waals surface area contributed by atoms with Crippen LogP contribution < -0.4 is 5.32 Å². The molecule has 4 fully saturated rings. The third kappa shape index (κ3) is 2.72. The van der Waals surface area contributed by atoms with E-state index in [0.717, 1.165) is 36.0 Å². The molecule has 1 N–H and O–H groups in total. The molecule has 19 heavy (non-hydrogen) atoms. The molecule has 108 valence electrons. The van der Waals surface area contributed by atoms with E-state index in [1.807, 2.05) is 0 Å². The van der Waals surface area contributed by atoms with Gasteiger partial charge in [0.2, 0.25) is 5.91 Å². The lowest BCUT2D eigenvalue weighted by atomic mass is 9.49. The van der Waals surface area contributed by atoms with Crippen molar-refractivity contribution in [3.63, 3.8) is 0 Å². The maximum Gasteiger partial charge on any atom is 0.226 e. The van der Waals surface area contributed by atoms with Crippen LogP contribution in [0, 0.1) is 29.1 Å². The van der Waals surface area contributed by atoms with Gasteiger partial charge in [-0.25, -0.2) is 0 Å². The first kappa shape index (κ1) is 13.9. The van der Waals surface area contributed by atoms with E-state index in [1.165, 1.54) is 38.5 Å². The Morgan fingerprint density at radius 1 is 1.21 bits per heavy atom. The Morgan fingerprint density at radius 2 is 1.74 bits per heavy atom. The largest absolute Gasteiger partial charge is 0.355 e. The molecule has 4 bridgehead atoms. The summed E-state index contributed by atoms with van der Waals surface area (Å²) < 4.78 is 0. The molecular formula is C16H26BrNO. The van der Waals surface area contributed by atoms with Crippen LogP contribution in [0.5, 0.6) is 0 Å². The third-order valence-electron chi connectivity index (χ3n) is 5.73. The van der Waals surface area contributed by atoms with E-state index in [0.29, 0.717) is 11.8 Å². The number of carbonyl (C=O) groups is 1. The first-order valence-electron chi connectivity index (χ1n) is 7.95. The molecular weight excluding hydrogens is 302 g/mol. The summed E-state index contributed by atoms with van der Waals surface area (Å²) >= 11 is 3.48. The van der Waals surface area contributed by atoms with Crippen molar-refractivity contribution in [3.05, 3.63) is 0 Å². The summed E-state index contributed by atoms with van der Waals surface area (Å²) in [6, 6.07) is 0. The number of alkyl halides is 1. The summed E-state index contributed by atoms with van der Waals surface area (Å²) in [5, 5.41) is 4.29. The van der Waals surface area contributed by atoms with E-state index >= 15 is 0 Å². The van der Waals surface area contributed by atoms with E-state index in [4.69, 9.17) is 0 Å². The van der Waals surface area contributed by atoms with Crippen molar-refractivity contribution in [2.75, 3.05) is 11.9 Å². The van der Waals surface area contributed by atoms with E-state index in [9.17, 15) is 4.79 Å². The number of rotatable bonds is 5. The Balaban J connectivity index is 1.60. The Morgan fingerprint density at radius 3 is 2.21 bits per heavy atom. The smallest absolute Gasteiger partial charge is 0.226 e. The van der Waals surface area contributed by atoms with Crippen LogP contribution in [0.2, 0.25) is 0 Å². The minimum absolute atomic E-state index is 0.0306. The first-order chi connectivity index (χ1) is 9.11. The minimum Gasteiger partial charge on any atom is -0.355 e. The molecule has 3 heteroatoms. The maximum atomic E-state index is 12.7. The quantitative estimate of drug-likeness (QED) is 0.766. The highest BCUT2D eigenvalue weighted by Gasteiger charge is 2.54. The molecule has 1 amide bonds. The van der Waals surface area contributed by atoms with Gasteiger partial charge in [-0.2, -0.15) is 0 Å². The molecule has 0 aromatic heterocycles. The van der Waals surface area contributed by atoms with Crippen LogP contribution >= 0.6 is 15.9 Å². The SMILES string of the molecule is CC(CCBr)CNC(=O)C12CC3CC(CC(C3)C1)C2. The average Bonchev–Trinajstić information content (AvgIpc) is 2.34. The normalized spacial score (nSPS) is 41.3. The molecule has 1 unspecified atom stereocenters. The molecule has 4 aliphatic rings. The van der Waals surface area contributed by atoms with Gasteiger partial charge in [0.25, 0.3) is 0 Å². The van der Waals surface area contributed by atoms with Crippen LogP contribution in [0.1, 0.15) is 51.9 Å². The van der Waals surface area contributed by atoms with Gasteiger partial charge in [0.05, 0.1) is 0 Å². The van der Waals surface area contributed by atoms with Crippen molar-refractivity contribution >= 4 is 21.8 Å². The summed E-state index contributed by atoms with van der Waals surface area (Å²) in [6.07, 6.45) is 8.90. The summed E-state index contributed by atoms with van der Waals surface area (Å²) in [5.41, 5.74) is 0.0306.